The van der Waals surface area contributed by atoms with Gasteiger partial charge in [0.1, 0.15) is 5.75 Å². The number of carbonyl (C=O) groups is 1. The Morgan fingerprint density at radius 2 is 1.62 bits per heavy atom. The number of benzene rings is 1. The third-order valence-electron chi connectivity index (χ3n) is 2.95. The fourth-order valence-electron chi connectivity index (χ4n) is 2.07. The van der Waals surface area contributed by atoms with Gasteiger partial charge in [0.2, 0.25) is 5.91 Å². The van der Waals surface area contributed by atoms with Crippen molar-refractivity contribution in [1.29, 1.82) is 0 Å². The minimum atomic E-state index is 0.221. The molecule has 0 saturated carbocycles. The van der Waals surface area contributed by atoms with Crippen LogP contribution in [0, 0.1) is 11.8 Å². The number of rotatable bonds is 8. The van der Waals surface area contributed by atoms with E-state index in [0.717, 1.165) is 23.7 Å². The fraction of sp³-hybridized carbons (Fsp3) is 0.588. The molecule has 0 N–H and O–H groups in total. The van der Waals surface area contributed by atoms with Crippen LogP contribution in [0.5, 0.6) is 5.75 Å². The zero-order valence-corrected chi connectivity index (χ0v) is 14.6. The van der Waals surface area contributed by atoms with Crippen molar-refractivity contribution in [1.82, 2.24) is 4.90 Å². The standard InChI is InChI=1S/C17H27NO2S/c1-13(2)10-18(11-14(3)4)17(19)12-21-16-8-6-15(20-5)7-9-16/h6-9,13-14H,10-12H2,1-5H3. The average molecular weight is 309 g/mol. The summed E-state index contributed by atoms with van der Waals surface area (Å²) in [4.78, 5) is 15.5. The predicted octanol–water partition coefficient (Wildman–Crippen LogP) is 3.93. The van der Waals surface area contributed by atoms with E-state index in [2.05, 4.69) is 27.7 Å². The normalized spacial score (nSPS) is 11.0. The van der Waals surface area contributed by atoms with Gasteiger partial charge in [0.15, 0.2) is 0 Å². The number of amides is 1. The van der Waals surface area contributed by atoms with E-state index in [0.29, 0.717) is 17.6 Å². The zero-order chi connectivity index (χ0) is 15.8. The molecule has 1 amide bonds. The minimum absolute atomic E-state index is 0.221. The number of nitrogens with zero attached hydrogens (tertiary/aromatic N) is 1. The third-order valence-corrected chi connectivity index (χ3v) is 3.94. The second-order valence-corrected chi connectivity index (χ2v) is 7.10. The summed E-state index contributed by atoms with van der Waals surface area (Å²) in [5, 5.41) is 0. The van der Waals surface area contributed by atoms with E-state index in [4.69, 9.17) is 4.74 Å². The van der Waals surface area contributed by atoms with Crippen molar-refractivity contribution in [2.45, 2.75) is 32.6 Å². The number of carbonyl (C=O) groups excluding carboxylic acids is 1. The lowest BCUT2D eigenvalue weighted by molar-refractivity contribution is -0.129. The lowest BCUT2D eigenvalue weighted by atomic mass is 10.1. The molecule has 0 bridgehead atoms. The monoisotopic (exact) mass is 309 g/mol. The molecule has 3 nitrogen and oxygen atoms in total. The number of methoxy groups -OCH3 is 1. The molecule has 0 heterocycles. The Kier molecular flexibility index (Phi) is 7.65. The van der Waals surface area contributed by atoms with E-state index in [9.17, 15) is 4.79 Å². The van der Waals surface area contributed by atoms with Crippen molar-refractivity contribution >= 4 is 17.7 Å². The molecule has 0 aliphatic rings. The molecule has 0 aliphatic carbocycles. The van der Waals surface area contributed by atoms with Crippen molar-refractivity contribution in [3.8, 4) is 5.75 Å². The first-order valence-electron chi connectivity index (χ1n) is 7.47. The van der Waals surface area contributed by atoms with E-state index in [1.807, 2.05) is 29.2 Å². The molecule has 0 aromatic heterocycles. The Bertz CT molecular complexity index is 419. The molecule has 0 atom stereocenters. The summed E-state index contributed by atoms with van der Waals surface area (Å²) in [6.45, 7) is 10.3. The maximum atomic E-state index is 12.4. The molecular weight excluding hydrogens is 282 g/mol. The van der Waals surface area contributed by atoms with Crippen LogP contribution < -0.4 is 4.74 Å². The Morgan fingerprint density at radius 3 is 2.05 bits per heavy atom. The van der Waals surface area contributed by atoms with Crippen LogP contribution in [0.3, 0.4) is 0 Å². The Balaban J connectivity index is 2.55. The van der Waals surface area contributed by atoms with Crippen molar-refractivity contribution in [2.75, 3.05) is 26.0 Å². The van der Waals surface area contributed by atoms with Gasteiger partial charge in [-0.25, -0.2) is 0 Å². The number of hydrogen-bond acceptors (Lipinski definition) is 3. The van der Waals surface area contributed by atoms with Gasteiger partial charge in [-0.2, -0.15) is 0 Å². The molecule has 0 radical (unpaired) electrons. The van der Waals surface area contributed by atoms with E-state index >= 15 is 0 Å². The summed E-state index contributed by atoms with van der Waals surface area (Å²) >= 11 is 1.58. The molecule has 21 heavy (non-hydrogen) atoms. The molecule has 0 unspecified atom stereocenters. The highest BCUT2D eigenvalue weighted by atomic mass is 32.2. The Morgan fingerprint density at radius 1 is 1.10 bits per heavy atom. The third kappa shape index (κ3) is 6.89. The van der Waals surface area contributed by atoms with Crippen LogP contribution in [-0.2, 0) is 4.79 Å². The molecule has 1 aromatic rings. The van der Waals surface area contributed by atoms with Gasteiger partial charge in [-0.15, -0.1) is 11.8 Å². The first-order chi connectivity index (χ1) is 9.92. The molecular formula is C17H27NO2S. The Labute approximate surface area is 133 Å². The van der Waals surface area contributed by atoms with E-state index in [-0.39, 0.29) is 5.91 Å². The first kappa shape index (κ1) is 17.9. The number of ether oxygens (including phenoxy) is 1. The van der Waals surface area contributed by atoms with Gasteiger partial charge in [-0.05, 0) is 36.1 Å². The van der Waals surface area contributed by atoms with Crippen molar-refractivity contribution < 1.29 is 9.53 Å². The van der Waals surface area contributed by atoms with Crippen LogP contribution in [0.1, 0.15) is 27.7 Å². The summed E-state index contributed by atoms with van der Waals surface area (Å²) < 4.78 is 5.14. The molecule has 1 rings (SSSR count). The van der Waals surface area contributed by atoms with Gasteiger partial charge in [0.05, 0.1) is 12.9 Å². The Hall–Kier alpha value is -1.16. The van der Waals surface area contributed by atoms with Gasteiger partial charge in [0.25, 0.3) is 0 Å². The lowest BCUT2D eigenvalue weighted by Gasteiger charge is -2.26. The summed E-state index contributed by atoms with van der Waals surface area (Å²) in [5.74, 6) is 2.55. The van der Waals surface area contributed by atoms with Gasteiger partial charge in [-0.1, -0.05) is 27.7 Å². The highest BCUT2D eigenvalue weighted by Gasteiger charge is 2.16. The van der Waals surface area contributed by atoms with Gasteiger partial charge in [0, 0.05) is 18.0 Å². The zero-order valence-electron chi connectivity index (χ0n) is 13.8. The summed E-state index contributed by atoms with van der Waals surface area (Å²) in [6, 6.07) is 7.83. The maximum Gasteiger partial charge on any atom is 0.232 e. The lowest BCUT2D eigenvalue weighted by Crippen LogP contribution is -2.38. The van der Waals surface area contributed by atoms with E-state index < -0.39 is 0 Å². The van der Waals surface area contributed by atoms with Gasteiger partial charge < -0.3 is 9.64 Å². The smallest absolute Gasteiger partial charge is 0.232 e. The van der Waals surface area contributed by atoms with Crippen LogP contribution in [0.2, 0.25) is 0 Å². The van der Waals surface area contributed by atoms with Crippen molar-refractivity contribution in [2.24, 2.45) is 11.8 Å². The van der Waals surface area contributed by atoms with Crippen LogP contribution in [0.25, 0.3) is 0 Å². The number of thioether (sulfide) groups is 1. The number of hydrogen-bond donors (Lipinski definition) is 0. The molecule has 1 aromatic carbocycles. The SMILES string of the molecule is COc1ccc(SCC(=O)N(CC(C)C)CC(C)C)cc1. The van der Waals surface area contributed by atoms with E-state index in [1.54, 1.807) is 18.9 Å². The molecule has 0 fully saturated rings. The predicted molar refractivity (Wildman–Crippen MR) is 90.0 cm³/mol. The first-order valence-corrected chi connectivity index (χ1v) is 8.45. The molecule has 4 heteroatoms. The topological polar surface area (TPSA) is 29.5 Å². The second kappa shape index (κ2) is 8.98. The van der Waals surface area contributed by atoms with Crippen molar-refractivity contribution in [3.63, 3.8) is 0 Å². The fourth-order valence-corrected chi connectivity index (χ4v) is 2.87. The van der Waals surface area contributed by atoms with E-state index in [1.165, 1.54) is 0 Å². The second-order valence-electron chi connectivity index (χ2n) is 6.05. The summed E-state index contributed by atoms with van der Waals surface area (Å²) in [5.41, 5.74) is 0. The molecule has 0 spiro atoms. The van der Waals surface area contributed by atoms with Crippen molar-refractivity contribution in [3.05, 3.63) is 24.3 Å². The van der Waals surface area contributed by atoms with Gasteiger partial charge >= 0.3 is 0 Å². The summed E-state index contributed by atoms with van der Waals surface area (Å²) in [7, 11) is 1.65. The van der Waals surface area contributed by atoms with Crippen LogP contribution >= 0.6 is 11.8 Å². The molecule has 118 valence electrons. The largest absolute Gasteiger partial charge is 0.497 e. The van der Waals surface area contributed by atoms with Gasteiger partial charge in [-0.3, -0.25) is 4.79 Å². The minimum Gasteiger partial charge on any atom is -0.497 e. The molecule has 0 saturated heterocycles. The highest BCUT2D eigenvalue weighted by Crippen LogP contribution is 2.22. The molecule has 0 aliphatic heterocycles. The van der Waals surface area contributed by atoms with Crippen LogP contribution in [-0.4, -0.2) is 36.8 Å². The quantitative estimate of drug-likeness (QED) is 0.682. The van der Waals surface area contributed by atoms with Crippen LogP contribution in [0.15, 0.2) is 29.2 Å². The highest BCUT2D eigenvalue weighted by molar-refractivity contribution is 8.00. The van der Waals surface area contributed by atoms with Crippen LogP contribution in [0.4, 0.5) is 0 Å². The maximum absolute atomic E-state index is 12.4. The average Bonchev–Trinajstić information content (AvgIpc) is 2.43. The summed E-state index contributed by atoms with van der Waals surface area (Å²) in [6.07, 6.45) is 0.